The third kappa shape index (κ3) is 4.13. The zero-order valence-electron chi connectivity index (χ0n) is 16.8. The van der Waals surface area contributed by atoms with E-state index in [4.69, 9.17) is 4.74 Å². The smallest absolute Gasteiger partial charge is 0.471 e. The molecule has 7 nitrogen and oxygen atoms in total. The van der Waals surface area contributed by atoms with Crippen molar-refractivity contribution in [2.24, 2.45) is 0 Å². The molecule has 4 rings (SSSR count). The molecule has 0 aliphatic heterocycles. The van der Waals surface area contributed by atoms with Crippen LogP contribution < -0.4 is 10.1 Å². The standard InChI is InChI=1S/C21H16F4N4O3/c1-11-9-29(10-18(30)26-16-8-13(31-2)4-5-15(16)22)17-6-3-12(7-14(11)17)19-27-20(32-28-19)21(23,24)25/h3-9H,10H2,1-2H3,(H,26,30). The number of aromatic nitrogens is 3. The number of carbonyl (C=O) groups excluding carboxylic acids is 1. The van der Waals surface area contributed by atoms with Gasteiger partial charge in [0.05, 0.1) is 12.8 Å². The largest absolute Gasteiger partial charge is 0.497 e. The van der Waals surface area contributed by atoms with Gasteiger partial charge in [-0.25, -0.2) is 4.39 Å². The lowest BCUT2D eigenvalue weighted by atomic mass is 10.1. The number of ether oxygens (including phenoxy) is 1. The third-order valence-corrected chi connectivity index (χ3v) is 4.77. The molecule has 2 aromatic heterocycles. The Morgan fingerprint density at radius 3 is 2.69 bits per heavy atom. The number of fused-ring (bicyclic) bond motifs is 1. The Labute approximate surface area is 178 Å². The first kappa shape index (κ1) is 21.3. The lowest BCUT2D eigenvalue weighted by Gasteiger charge is -2.10. The summed E-state index contributed by atoms with van der Waals surface area (Å²) >= 11 is 0. The van der Waals surface area contributed by atoms with Gasteiger partial charge in [0.2, 0.25) is 11.7 Å². The van der Waals surface area contributed by atoms with Crippen LogP contribution in [-0.4, -0.2) is 27.7 Å². The maximum Gasteiger partial charge on any atom is 0.471 e. The van der Waals surface area contributed by atoms with E-state index in [0.29, 0.717) is 22.2 Å². The number of carbonyl (C=O) groups is 1. The molecule has 0 radical (unpaired) electrons. The molecular formula is C21H16F4N4O3. The Kier molecular flexibility index (Phi) is 5.33. The highest BCUT2D eigenvalue weighted by molar-refractivity contribution is 5.93. The lowest BCUT2D eigenvalue weighted by molar-refractivity contribution is -0.159. The van der Waals surface area contributed by atoms with Gasteiger partial charge in [0.15, 0.2) is 0 Å². The van der Waals surface area contributed by atoms with Gasteiger partial charge in [-0.1, -0.05) is 5.16 Å². The number of hydrogen-bond donors (Lipinski definition) is 1. The van der Waals surface area contributed by atoms with Crippen LogP contribution in [0.3, 0.4) is 0 Å². The summed E-state index contributed by atoms with van der Waals surface area (Å²) in [7, 11) is 1.43. The van der Waals surface area contributed by atoms with Crippen molar-refractivity contribution in [3.8, 4) is 17.1 Å². The van der Waals surface area contributed by atoms with Crippen molar-refractivity contribution >= 4 is 22.5 Å². The van der Waals surface area contributed by atoms with Crippen LogP contribution in [0.5, 0.6) is 5.75 Å². The number of amides is 1. The van der Waals surface area contributed by atoms with E-state index in [2.05, 4.69) is 20.0 Å². The molecule has 0 aliphatic carbocycles. The fraction of sp³-hybridized carbons (Fsp3) is 0.190. The molecule has 0 fully saturated rings. The average molecular weight is 448 g/mol. The van der Waals surface area contributed by atoms with Gasteiger partial charge in [-0.3, -0.25) is 4.79 Å². The van der Waals surface area contributed by atoms with Crippen LogP contribution in [0.15, 0.2) is 47.1 Å². The molecule has 0 saturated carbocycles. The molecule has 1 N–H and O–H groups in total. The Hall–Kier alpha value is -3.89. The molecule has 166 valence electrons. The number of aryl methyl sites for hydroxylation is 1. The number of nitrogens with one attached hydrogen (secondary N) is 1. The molecule has 0 atom stereocenters. The molecule has 0 spiro atoms. The summed E-state index contributed by atoms with van der Waals surface area (Å²) in [4.78, 5) is 15.9. The number of hydrogen-bond acceptors (Lipinski definition) is 5. The summed E-state index contributed by atoms with van der Waals surface area (Å²) in [5, 5.41) is 6.59. The van der Waals surface area contributed by atoms with Gasteiger partial charge >= 0.3 is 12.1 Å². The number of methoxy groups -OCH3 is 1. The van der Waals surface area contributed by atoms with Gasteiger partial charge in [0, 0.05) is 28.7 Å². The first-order chi connectivity index (χ1) is 15.2. The normalized spacial score (nSPS) is 11.7. The number of benzene rings is 2. The average Bonchev–Trinajstić information content (AvgIpc) is 3.35. The van der Waals surface area contributed by atoms with Crippen molar-refractivity contribution in [3.05, 3.63) is 59.9 Å². The molecule has 0 bridgehead atoms. The fourth-order valence-corrected chi connectivity index (χ4v) is 3.27. The number of rotatable bonds is 5. The second kappa shape index (κ2) is 7.98. The van der Waals surface area contributed by atoms with E-state index in [1.807, 2.05) is 0 Å². The topological polar surface area (TPSA) is 82.2 Å². The monoisotopic (exact) mass is 448 g/mol. The number of nitrogens with zero attached hydrogens (tertiary/aromatic N) is 3. The van der Waals surface area contributed by atoms with Crippen molar-refractivity contribution < 1.29 is 31.6 Å². The highest BCUT2D eigenvalue weighted by atomic mass is 19.4. The van der Waals surface area contributed by atoms with E-state index in [-0.39, 0.29) is 18.1 Å². The van der Waals surface area contributed by atoms with E-state index in [1.54, 1.807) is 29.8 Å². The molecule has 0 saturated heterocycles. The van der Waals surface area contributed by atoms with Gasteiger partial charge in [-0.15, -0.1) is 0 Å². The molecule has 2 aromatic carbocycles. The van der Waals surface area contributed by atoms with E-state index in [9.17, 15) is 22.4 Å². The predicted molar refractivity (Wildman–Crippen MR) is 107 cm³/mol. The first-order valence-corrected chi connectivity index (χ1v) is 9.30. The van der Waals surface area contributed by atoms with Gasteiger partial charge in [-0.05, 0) is 42.8 Å². The van der Waals surface area contributed by atoms with Gasteiger partial charge < -0.3 is 19.1 Å². The maximum absolute atomic E-state index is 14.0. The van der Waals surface area contributed by atoms with E-state index < -0.39 is 23.8 Å². The zero-order valence-corrected chi connectivity index (χ0v) is 16.8. The predicted octanol–water partition coefficient (Wildman–Crippen LogP) is 4.80. The molecule has 11 heteroatoms. The van der Waals surface area contributed by atoms with Crippen molar-refractivity contribution in [3.63, 3.8) is 0 Å². The van der Waals surface area contributed by atoms with E-state index in [0.717, 1.165) is 5.56 Å². The van der Waals surface area contributed by atoms with Crippen molar-refractivity contribution in [2.45, 2.75) is 19.6 Å². The van der Waals surface area contributed by atoms with Crippen LogP contribution in [0.4, 0.5) is 23.2 Å². The molecule has 32 heavy (non-hydrogen) atoms. The quantitative estimate of drug-likeness (QED) is 0.444. The van der Waals surface area contributed by atoms with Crippen LogP contribution in [0.1, 0.15) is 11.5 Å². The van der Waals surface area contributed by atoms with Crippen molar-refractivity contribution in [2.75, 3.05) is 12.4 Å². The minimum Gasteiger partial charge on any atom is -0.497 e. The third-order valence-electron chi connectivity index (χ3n) is 4.77. The number of anilines is 1. The van der Waals surface area contributed by atoms with Gasteiger partial charge in [0.25, 0.3) is 0 Å². The van der Waals surface area contributed by atoms with Gasteiger partial charge in [0.1, 0.15) is 18.1 Å². The summed E-state index contributed by atoms with van der Waals surface area (Å²) in [5.41, 5.74) is 1.76. The van der Waals surface area contributed by atoms with Crippen LogP contribution in [0.2, 0.25) is 0 Å². The highest BCUT2D eigenvalue weighted by Crippen LogP contribution is 2.31. The Morgan fingerprint density at radius 2 is 2.00 bits per heavy atom. The van der Waals surface area contributed by atoms with E-state index >= 15 is 0 Å². The summed E-state index contributed by atoms with van der Waals surface area (Å²) in [6.45, 7) is 1.68. The van der Waals surface area contributed by atoms with E-state index in [1.165, 1.54) is 31.4 Å². The van der Waals surface area contributed by atoms with Crippen LogP contribution >= 0.6 is 0 Å². The van der Waals surface area contributed by atoms with Crippen molar-refractivity contribution in [1.29, 1.82) is 0 Å². The minimum atomic E-state index is -4.73. The van der Waals surface area contributed by atoms with Crippen molar-refractivity contribution in [1.82, 2.24) is 14.7 Å². The zero-order chi connectivity index (χ0) is 23.0. The number of alkyl halides is 3. The summed E-state index contributed by atoms with van der Waals surface area (Å²) in [6, 6.07) is 8.79. The van der Waals surface area contributed by atoms with Crippen LogP contribution in [-0.2, 0) is 17.5 Å². The molecule has 0 unspecified atom stereocenters. The molecule has 4 aromatic rings. The molecular weight excluding hydrogens is 432 g/mol. The second-order valence-electron chi connectivity index (χ2n) is 6.99. The highest BCUT2D eigenvalue weighted by Gasteiger charge is 2.38. The Balaban J connectivity index is 1.58. The minimum absolute atomic E-state index is 0.0117. The molecule has 2 heterocycles. The molecule has 0 aliphatic rings. The Morgan fingerprint density at radius 1 is 1.22 bits per heavy atom. The fourth-order valence-electron chi connectivity index (χ4n) is 3.27. The number of halogens is 4. The van der Waals surface area contributed by atoms with Gasteiger partial charge in [-0.2, -0.15) is 18.2 Å². The second-order valence-corrected chi connectivity index (χ2v) is 6.99. The maximum atomic E-state index is 14.0. The SMILES string of the molecule is COc1ccc(F)c(NC(=O)Cn2cc(C)c3cc(-c4noc(C(F)(F)F)n4)ccc32)c1. The first-order valence-electron chi connectivity index (χ1n) is 9.30. The summed E-state index contributed by atoms with van der Waals surface area (Å²) in [6.07, 6.45) is -3.02. The summed E-state index contributed by atoms with van der Waals surface area (Å²) in [5.74, 6) is -2.30. The molecule has 1 amide bonds. The Bertz CT molecular complexity index is 1310. The van der Waals surface area contributed by atoms with Crippen LogP contribution in [0, 0.1) is 12.7 Å². The summed E-state index contributed by atoms with van der Waals surface area (Å²) < 4.78 is 63.1. The lowest BCUT2D eigenvalue weighted by Crippen LogP contribution is -2.19. The van der Waals surface area contributed by atoms with Crippen LogP contribution in [0.25, 0.3) is 22.3 Å².